The second-order valence-electron chi connectivity index (χ2n) is 6.08. The molecule has 126 valence electrons. The molecule has 0 N–H and O–H groups in total. The van der Waals surface area contributed by atoms with E-state index in [1.165, 1.54) is 0 Å². The van der Waals surface area contributed by atoms with Gasteiger partial charge in [0, 0.05) is 0 Å². The Hall–Kier alpha value is -1.75. The van der Waals surface area contributed by atoms with Gasteiger partial charge in [0.2, 0.25) is 0 Å². The van der Waals surface area contributed by atoms with Crippen LogP contribution in [0.15, 0.2) is 36.7 Å². The molecule has 4 rings (SSSR count). The summed E-state index contributed by atoms with van der Waals surface area (Å²) in [6, 6.07) is 7.54. The van der Waals surface area contributed by atoms with Crippen LogP contribution in [0.5, 0.6) is 0 Å². The molecular formula is C17H16AsClN6. The zero-order chi connectivity index (χ0) is 17.4. The zero-order valence-electron chi connectivity index (χ0n) is 13.7. The van der Waals surface area contributed by atoms with Crippen molar-refractivity contribution in [3.8, 4) is 11.3 Å². The molecule has 2 aromatic heterocycles. The molecule has 1 aromatic carbocycles. The second-order valence-corrected chi connectivity index (χ2v) is 7.76. The fourth-order valence-corrected chi connectivity index (χ4v) is 4.01. The Morgan fingerprint density at radius 2 is 1.88 bits per heavy atom. The summed E-state index contributed by atoms with van der Waals surface area (Å²) < 4.78 is 0. The molecule has 3 aromatic rings. The fourth-order valence-electron chi connectivity index (χ4n) is 2.84. The van der Waals surface area contributed by atoms with E-state index in [0.717, 1.165) is 30.9 Å². The summed E-state index contributed by atoms with van der Waals surface area (Å²) in [5.74, 6) is 0.708. The van der Waals surface area contributed by atoms with Crippen molar-refractivity contribution < 1.29 is 0 Å². The molecule has 1 aliphatic heterocycles. The minimum atomic E-state index is 0.310. The number of halogens is 1. The summed E-state index contributed by atoms with van der Waals surface area (Å²) in [5, 5.41) is 0.699. The van der Waals surface area contributed by atoms with E-state index in [1.54, 1.807) is 12.4 Å². The molecule has 1 saturated heterocycles. The number of piperazine rings is 1. The van der Waals surface area contributed by atoms with E-state index >= 15 is 0 Å². The van der Waals surface area contributed by atoms with Crippen molar-refractivity contribution in [3.05, 3.63) is 41.7 Å². The van der Waals surface area contributed by atoms with Crippen LogP contribution < -0.4 is 4.90 Å². The van der Waals surface area contributed by atoms with Gasteiger partial charge in [0.15, 0.2) is 0 Å². The van der Waals surface area contributed by atoms with Crippen LogP contribution in [0.25, 0.3) is 22.4 Å². The van der Waals surface area contributed by atoms with Gasteiger partial charge in [0.05, 0.1) is 0 Å². The van der Waals surface area contributed by atoms with E-state index in [-0.39, 0.29) is 0 Å². The molecule has 8 heteroatoms. The first-order valence-electron chi connectivity index (χ1n) is 7.99. The number of benzene rings is 1. The predicted octanol–water partition coefficient (Wildman–Crippen LogP) is 1.99. The standard InChI is InChI=1S/C17H16AsClN6/c1-24-6-7-25(15(18)10-24)17-21-9-14-16(23-17)20-8-13(22-14)11-2-4-12(19)5-3-11/h2-5,8-9,15H,6-7,10H2,1H3. The molecule has 1 aliphatic rings. The monoisotopic (exact) mass is 414 g/mol. The van der Waals surface area contributed by atoms with Crippen molar-refractivity contribution in [1.29, 1.82) is 0 Å². The average molecular weight is 415 g/mol. The van der Waals surface area contributed by atoms with Crippen LogP contribution in [-0.2, 0) is 0 Å². The molecule has 0 amide bonds. The summed E-state index contributed by atoms with van der Waals surface area (Å²) in [6.45, 7) is 2.87. The first-order chi connectivity index (χ1) is 12.1. The van der Waals surface area contributed by atoms with E-state index in [4.69, 9.17) is 11.6 Å². The quantitative estimate of drug-likeness (QED) is 0.598. The van der Waals surface area contributed by atoms with Crippen molar-refractivity contribution in [1.82, 2.24) is 24.8 Å². The van der Waals surface area contributed by atoms with Gasteiger partial charge >= 0.3 is 148 Å². The molecule has 6 nitrogen and oxygen atoms in total. The van der Waals surface area contributed by atoms with Gasteiger partial charge in [-0.15, -0.1) is 0 Å². The first kappa shape index (κ1) is 16.7. The zero-order valence-corrected chi connectivity index (χ0v) is 16.3. The topological polar surface area (TPSA) is 58.0 Å². The summed E-state index contributed by atoms with van der Waals surface area (Å²) >= 11 is 8.64. The number of fused-ring (bicyclic) bond motifs is 1. The number of hydrogen-bond acceptors (Lipinski definition) is 6. The van der Waals surface area contributed by atoms with Crippen LogP contribution in [0.1, 0.15) is 0 Å². The summed E-state index contributed by atoms with van der Waals surface area (Å²) in [5.41, 5.74) is 3.05. The Bertz CT molecular complexity index is 903. The molecular weight excluding hydrogens is 399 g/mol. The molecule has 0 spiro atoms. The molecule has 3 heterocycles. The molecule has 0 aliphatic carbocycles. The van der Waals surface area contributed by atoms with Gasteiger partial charge in [-0.05, 0) is 0 Å². The fraction of sp³-hybridized carbons (Fsp3) is 0.294. The van der Waals surface area contributed by atoms with Gasteiger partial charge in [-0.25, -0.2) is 0 Å². The Balaban J connectivity index is 1.66. The van der Waals surface area contributed by atoms with E-state index in [1.807, 2.05) is 24.3 Å². The number of rotatable bonds is 2. The average Bonchev–Trinajstić information content (AvgIpc) is 2.61. The van der Waals surface area contributed by atoms with Gasteiger partial charge in [0.25, 0.3) is 0 Å². The maximum absolute atomic E-state index is 5.94. The summed E-state index contributed by atoms with van der Waals surface area (Å²) in [7, 11) is 2.13. The van der Waals surface area contributed by atoms with Crippen LogP contribution in [0.4, 0.5) is 5.95 Å². The molecule has 2 radical (unpaired) electrons. The van der Waals surface area contributed by atoms with Gasteiger partial charge in [-0.2, -0.15) is 0 Å². The van der Waals surface area contributed by atoms with Crippen molar-refractivity contribution in [3.63, 3.8) is 0 Å². The molecule has 25 heavy (non-hydrogen) atoms. The molecule has 1 atom stereocenters. The van der Waals surface area contributed by atoms with Gasteiger partial charge < -0.3 is 0 Å². The number of anilines is 1. The normalized spacial score (nSPS) is 18.7. The van der Waals surface area contributed by atoms with Crippen molar-refractivity contribution in [2.45, 2.75) is 4.83 Å². The number of nitrogens with zero attached hydrogens (tertiary/aromatic N) is 6. The third-order valence-corrected chi connectivity index (χ3v) is 5.42. The van der Waals surface area contributed by atoms with Gasteiger partial charge in [-0.3, -0.25) is 0 Å². The molecule has 0 bridgehead atoms. The van der Waals surface area contributed by atoms with Crippen LogP contribution in [-0.4, -0.2) is 73.2 Å². The maximum atomic E-state index is 5.94. The number of hydrogen-bond donors (Lipinski definition) is 0. The molecule has 1 unspecified atom stereocenters. The SMILES string of the molecule is CN1CCN(c2ncc3nc(-c4ccc(Cl)cc4)cnc3n2)C([As])C1. The van der Waals surface area contributed by atoms with E-state index in [2.05, 4.69) is 53.6 Å². The summed E-state index contributed by atoms with van der Waals surface area (Å²) in [4.78, 5) is 23.1. The molecule has 0 saturated carbocycles. The Labute approximate surface area is 159 Å². The van der Waals surface area contributed by atoms with E-state index < -0.39 is 0 Å². The van der Waals surface area contributed by atoms with Crippen molar-refractivity contribution in [2.75, 3.05) is 31.6 Å². The van der Waals surface area contributed by atoms with Crippen LogP contribution >= 0.6 is 11.6 Å². The van der Waals surface area contributed by atoms with Crippen molar-refractivity contribution in [2.24, 2.45) is 0 Å². The Morgan fingerprint density at radius 3 is 2.64 bits per heavy atom. The van der Waals surface area contributed by atoms with E-state index in [0.29, 0.717) is 27.0 Å². The minimum absolute atomic E-state index is 0.310. The van der Waals surface area contributed by atoms with Crippen molar-refractivity contribution >= 4 is 45.6 Å². The number of likely N-dealkylation sites (N-methyl/N-ethyl adjacent to an activating group) is 1. The third kappa shape index (κ3) is 3.47. The summed E-state index contributed by atoms with van der Waals surface area (Å²) in [6.07, 6.45) is 3.49. The predicted molar refractivity (Wildman–Crippen MR) is 100.0 cm³/mol. The van der Waals surface area contributed by atoms with Gasteiger partial charge in [0.1, 0.15) is 0 Å². The van der Waals surface area contributed by atoms with E-state index in [9.17, 15) is 0 Å². The Morgan fingerprint density at radius 1 is 1.08 bits per heavy atom. The van der Waals surface area contributed by atoms with Crippen LogP contribution in [0.2, 0.25) is 5.02 Å². The van der Waals surface area contributed by atoms with Crippen LogP contribution in [0, 0.1) is 0 Å². The second kappa shape index (κ2) is 6.87. The number of aromatic nitrogens is 4. The Kier molecular flexibility index (Phi) is 4.59. The van der Waals surface area contributed by atoms with Gasteiger partial charge in [-0.1, -0.05) is 11.6 Å². The van der Waals surface area contributed by atoms with Crippen LogP contribution in [0.3, 0.4) is 0 Å². The first-order valence-corrected chi connectivity index (χ1v) is 9.45. The third-order valence-electron chi connectivity index (χ3n) is 4.24. The molecule has 1 fully saturated rings.